The highest BCUT2D eigenvalue weighted by atomic mass is 16.5. The smallest absolute Gasteiger partial charge is 0.258 e. The van der Waals surface area contributed by atoms with Crippen LogP contribution in [0.25, 0.3) is 0 Å². The van der Waals surface area contributed by atoms with Gasteiger partial charge in [-0.25, -0.2) is 0 Å². The second-order valence-electron chi connectivity index (χ2n) is 4.73. The minimum Gasteiger partial charge on any atom is -0.494 e. The zero-order chi connectivity index (χ0) is 14.7. The normalized spacial score (nSPS) is 13.3. The van der Waals surface area contributed by atoms with E-state index < -0.39 is 0 Å². The molecule has 108 valence electrons. The second-order valence-corrected chi connectivity index (χ2v) is 4.73. The number of amides is 1. The van der Waals surface area contributed by atoms with E-state index in [1.54, 1.807) is 11.0 Å². The summed E-state index contributed by atoms with van der Waals surface area (Å²) in [5.41, 5.74) is 1.44. The lowest BCUT2D eigenvalue weighted by Crippen LogP contribution is -2.37. The Morgan fingerprint density at radius 3 is 2.95 bits per heavy atom. The Hall–Kier alpha value is -2.49. The van der Waals surface area contributed by atoms with Gasteiger partial charge in [0, 0.05) is 5.56 Å². The summed E-state index contributed by atoms with van der Waals surface area (Å²) in [6.45, 7) is 3.56. The van der Waals surface area contributed by atoms with Gasteiger partial charge in [-0.15, -0.1) is 0 Å². The fourth-order valence-corrected chi connectivity index (χ4v) is 2.42. The van der Waals surface area contributed by atoms with Gasteiger partial charge in [0.2, 0.25) is 0 Å². The van der Waals surface area contributed by atoms with Gasteiger partial charge in [-0.05, 0) is 37.3 Å². The summed E-state index contributed by atoms with van der Waals surface area (Å²) >= 11 is 0. The van der Waals surface area contributed by atoms with Gasteiger partial charge in [0.15, 0.2) is 0 Å². The molecule has 21 heavy (non-hydrogen) atoms. The van der Waals surface area contributed by atoms with E-state index in [2.05, 4.69) is 0 Å². The molecule has 0 saturated heterocycles. The number of anilines is 1. The average molecular weight is 283 g/mol. The molecule has 1 aliphatic rings. The van der Waals surface area contributed by atoms with Crippen LogP contribution >= 0.6 is 0 Å². The molecule has 0 N–H and O–H groups in total. The van der Waals surface area contributed by atoms with Gasteiger partial charge in [0.25, 0.3) is 5.91 Å². The second kappa shape index (κ2) is 5.87. The molecule has 0 bridgehead atoms. The lowest BCUT2D eigenvalue weighted by molar-refractivity contribution is 0.0976. The SMILES string of the molecule is CCOc1cccc(C(=O)N2CCOc3ccccc32)c1. The van der Waals surface area contributed by atoms with E-state index in [1.807, 2.05) is 49.4 Å². The largest absolute Gasteiger partial charge is 0.494 e. The third-order valence-electron chi connectivity index (χ3n) is 3.37. The first-order valence-corrected chi connectivity index (χ1v) is 7.06. The van der Waals surface area contributed by atoms with E-state index in [9.17, 15) is 4.79 Å². The highest BCUT2D eigenvalue weighted by molar-refractivity contribution is 6.07. The van der Waals surface area contributed by atoms with E-state index in [0.717, 1.165) is 11.4 Å². The number of carbonyl (C=O) groups excluding carboxylic acids is 1. The van der Waals surface area contributed by atoms with Crippen molar-refractivity contribution in [1.82, 2.24) is 0 Å². The number of carbonyl (C=O) groups is 1. The fraction of sp³-hybridized carbons (Fsp3) is 0.235. The Kier molecular flexibility index (Phi) is 3.77. The van der Waals surface area contributed by atoms with Crippen molar-refractivity contribution < 1.29 is 14.3 Å². The first-order chi connectivity index (χ1) is 10.3. The third-order valence-corrected chi connectivity index (χ3v) is 3.37. The highest BCUT2D eigenvalue weighted by Gasteiger charge is 2.24. The third kappa shape index (κ3) is 2.70. The van der Waals surface area contributed by atoms with Gasteiger partial charge in [-0.3, -0.25) is 4.79 Å². The number of para-hydroxylation sites is 2. The van der Waals surface area contributed by atoms with Crippen molar-refractivity contribution in [3.05, 3.63) is 54.1 Å². The van der Waals surface area contributed by atoms with E-state index in [4.69, 9.17) is 9.47 Å². The van der Waals surface area contributed by atoms with Gasteiger partial charge >= 0.3 is 0 Å². The first kappa shape index (κ1) is 13.5. The van der Waals surface area contributed by atoms with Crippen LogP contribution in [0.5, 0.6) is 11.5 Å². The summed E-state index contributed by atoms with van der Waals surface area (Å²) in [5.74, 6) is 1.43. The van der Waals surface area contributed by atoms with Crippen LogP contribution in [-0.2, 0) is 0 Å². The Balaban J connectivity index is 1.91. The minimum absolute atomic E-state index is 0.0349. The fourth-order valence-electron chi connectivity index (χ4n) is 2.42. The van der Waals surface area contributed by atoms with Crippen LogP contribution in [0.2, 0.25) is 0 Å². The molecule has 4 nitrogen and oxygen atoms in total. The van der Waals surface area contributed by atoms with Crippen LogP contribution in [0, 0.1) is 0 Å². The topological polar surface area (TPSA) is 38.8 Å². The Morgan fingerprint density at radius 1 is 1.24 bits per heavy atom. The van der Waals surface area contributed by atoms with Gasteiger partial charge in [-0.1, -0.05) is 18.2 Å². The zero-order valence-corrected chi connectivity index (χ0v) is 11.9. The number of ether oxygens (including phenoxy) is 2. The predicted octanol–water partition coefficient (Wildman–Crippen LogP) is 3.12. The maximum Gasteiger partial charge on any atom is 0.258 e. The van der Waals surface area contributed by atoms with Crippen molar-refractivity contribution in [2.45, 2.75) is 6.92 Å². The molecule has 3 rings (SSSR count). The van der Waals surface area contributed by atoms with Crippen LogP contribution in [0.4, 0.5) is 5.69 Å². The Labute approximate surface area is 123 Å². The lowest BCUT2D eigenvalue weighted by Gasteiger charge is -2.29. The van der Waals surface area contributed by atoms with Crippen molar-refractivity contribution in [1.29, 1.82) is 0 Å². The summed E-state index contributed by atoms with van der Waals surface area (Å²) in [6.07, 6.45) is 0. The molecule has 4 heteroatoms. The Bertz CT molecular complexity index is 654. The summed E-state index contributed by atoms with van der Waals surface area (Å²) in [7, 11) is 0. The molecule has 2 aromatic rings. The molecule has 1 aliphatic heterocycles. The molecule has 0 aromatic heterocycles. The van der Waals surface area contributed by atoms with E-state index in [0.29, 0.717) is 31.1 Å². The van der Waals surface area contributed by atoms with Gasteiger partial charge < -0.3 is 14.4 Å². The van der Waals surface area contributed by atoms with Gasteiger partial charge in [0.1, 0.15) is 18.1 Å². The summed E-state index contributed by atoms with van der Waals surface area (Å²) in [4.78, 5) is 14.5. The van der Waals surface area contributed by atoms with E-state index >= 15 is 0 Å². The molecule has 0 aliphatic carbocycles. The number of fused-ring (bicyclic) bond motifs is 1. The molecule has 0 radical (unpaired) electrons. The molecule has 1 amide bonds. The van der Waals surface area contributed by atoms with E-state index in [-0.39, 0.29) is 5.91 Å². The number of nitrogens with zero attached hydrogens (tertiary/aromatic N) is 1. The molecule has 2 aromatic carbocycles. The number of hydrogen-bond donors (Lipinski definition) is 0. The van der Waals surface area contributed by atoms with Crippen molar-refractivity contribution in [2.75, 3.05) is 24.7 Å². The molecular formula is C17H17NO3. The number of hydrogen-bond acceptors (Lipinski definition) is 3. The monoisotopic (exact) mass is 283 g/mol. The molecule has 0 fully saturated rings. The number of benzene rings is 2. The van der Waals surface area contributed by atoms with Crippen LogP contribution in [0.15, 0.2) is 48.5 Å². The van der Waals surface area contributed by atoms with E-state index in [1.165, 1.54) is 0 Å². The molecule has 1 heterocycles. The van der Waals surface area contributed by atoms with Crippen molar-refractivity contribution in [2.24, 2.45) is 0 Å². The summed E-state index contributed by atoms with van der Waals surface area (Å²) in [5, 5.41) is 0. The summed E-state index contributed by atoms with van der Waals surface area (Å²) in [6, 6.07) is 14.9. The minimum atomic E-state index is -0.0349. The van der Waals surface area contributed by atoms with Crippen LogP contribution < -0.4 is 14.4 Å². The molecule has 0 atom stereocenters. The molecule has 0 spiro atoms. The summed E-state index contributed by atoms with van der Waals surface area (Å²) < 4.78 is 11.0. The molecule has 0 saturated carbocycles. The van der Waals surface area contributed by atoms with Gasteiger partial charge in [-0.2, -0.15) is 0 Å². The zero-order valence-electron chi connectivity index (χ0n) is 11.9. The predicted molar refractivity (Wildman–Crippen MR) is 81.2 cm³/mol. The maximum absolute atomic E-state index is 12.7. The first-order valence-electron chi connectivity index (χ1n) is 7.06. The average Bonchev–Trinajstić information content (AvgIpc) is 2.54. The Morgan fingerprint density at radius 2 is 2.10 bits per heavy atom. The van der Waals surface area contributed by atoms with Crippen molar-refractivity contribution >= 4 is 11.6 Å². The van der Waals surface area contributed by atoms with Crippen LogP contribution in [0.3, 0.4) is 0 Å². The standard InChI is InChI=1S/C17H17NO3/c1-2-20-14-7-5-6-13(12-14)17(19)18-10-11-21-16-9-4-3-8-15(16)18/h3-9,12H,2,10-11H2,1H3. The van der Waals surface area contributed by atoms with Gasteiger partial charge in [0.05, 0.1) is 18.8 Å². The number of rotatable bonds is 3. The van der Waals surface area contributed by atoms with Crippen LogP contribution in [0.1, 0.15) is 17.3 Å². The lowest BCUT2D eigenvalue weighted by atomic mass is 10.1. The highest BCUT2D eigenvalue weighted by Crippen LogP contribution is 2.32. The van der Waals surface area contributed by atoms with Crippen LogP contribution in [-0.4, -0.2) is 25.7 Å². The quantitative estimate of drug-likeness (QED) is 0.868. The van der Waals surface area contributed by atoms with Crippen molar-refractivity contribution in [3.8, 4) is 11.5 Å². The maximum atomic E-state index is 12.7. The molecular weight excluding hydrogens is 266 g/mol. The van der Waals surface area contributed by atoms with Crippen molar-refractivity contribution in [3.63, 3.8) is 0 Å². The molecule has 0 unspecified atom stereocenters.